The number of carbonyl (C=O) groups excluding carboxylic acids is 1. The van der Waals surface area contributed by atoms with E-state index in [2.05, 4.69) is 10.2 Å². The van der Waals surface area contributed by atoms with Gasteiger partial charge in [0.05, 0.1) is 6.10 Å². The van der Waals surface area contributed by atoms with Crippen molar-refractivity contribution in [1.82, 2.24) is 15.1 Å². The van der Waals surface area contributed by atoms with Gasteiger partial charge in [0.1, 0.15) is 0 Å². The number of likely N-dealkylation sites (tertiary alicyclic amines) is 1. The van der Waals surface area contributed by atoms with Crippen LogP contribution < -0.4 is 5.32 Å². The Kier molecular flexibility index (Phi) is 4.25. The summed E-state index contributed by atoms with van der Waals surface area (Å²) in [5.41, 5.74) is 0. The fraction of sp³-hybridized carbons (Fsp3) is 0.923. The number of nitrogens with zero attached hydrogens (tertiary/aromatic N) is 2. The summed E-state index contributed by atoms with van der Waals surface area (Å²) in [7, 11) is 4.01. The van der Waals surface area contributed by atoms with Gasteiger partial charge in [-0.25, -0.2) is 0 Å². The largest absolute Gasteiger partial charge is 0.391 e. The number of β-amino-alcohol motifs (C(OH)–C–C–N with tert-alkyl or cyclic N) is 1. The van der Waals surface area contributed by atoms with Gasteiger partial charge in [0.25, 0.3) is 0 Å². The normalized spacial score (nSPS) is 30.6. The predicted octanol–water partition coefficient (Wildman–Crippen LogP) is -0.635. The van der Waals surface area contributed by atoms with Crippen LogP contribution in [0.2, 0.25) is 0 Å². The molecule has 0 spiro atoms. The molecule has 0 bridgehead atoms. The van der Waals surface area contributed by atoms with Crippen molar-refractivity contribution in [1.29, 1.82) is 0 Å². The smallest absolute Gasteiger partial charge is 0.226 e. The SMILES string of the molecule is CC(C(=O)N1CC(O)CC1CN(C)C)C1CNC1. The molecule has 0 aromatic rings. The summed E-state index contributed by atoms with van der Waals surface area (Å²) in [4.78, 5) is 16.5. The third-order valence-corrected chi connectivity index (χ3v) is 4.16. The van der Waals surface area contributed by atoms with Crippen molar-refractivity contribution in [2.75, 3.05) is 40.3 Å². The number of likely N-dealkylation sites (N-methyl/N-ethyl adjacent to an activating group) is 1. The molecule has 2 N–H and O–H groups in total. The molecule has 0 radical (unpaired) electrons. The third-order valence-electron chi connectivity index (χ3n) is 4.16. The van der Waals surface area contributed by atoms with Crippen LogP contribution in [-0.4, -0.2) is 73.2 Å². The number of aliphatic hydroxyl groups excluding tert-OH is 1. The molecule has 2 rings (SSSR count). The first-order valence-corrected chi connectivity index (χ1v) is 6.83. The van der Waals surface area contributed by atoms with Crippen LogP contribution in [0.25, 0.3) is 0 Å². The summed E-state index contributed by atoms with van der Waals surface area (Å²) < 4.78 is 0. The van der Waals surface area contributed by atoms with Crippen LogP contribution in [0.15, 0.2) is 0 Å². The Morgan fingerprint density at radius 1 is 1.50 bits per heavy atom. The van der Waals surface area contributed by atoms with Gasteiger partial charge in [-0.15, -0.1) is 0 Å². The minimum absolute atomic E-state index is 0.0706. The quantitative estimate of drug-likeness (QED) is 0.702. The van der Waals surface area contributed by atoms with E-state index < -0.39 is 0 Å². The average molecular weight is 255 g/mol. The van der Waals surface area contributed by atoms with Crippen LogP contribution in [0.1, 0.15) is 13.3 Å². The highest BCUT2D eigenvalue weighted by atomic mass is 16.3. The van der Waals surface area contributed by atoms with E-state index in [0.29, 0.717) is 18.9 Å². The number of rotatable bonds is 4. The molecule has 104 valence electrons. The minimum atomic E-state index is -0.356. The van der Waals surface area contributed by atoms with E-state index in [9.17, 15) is 9.90 Å². The van der Waals surface area contributed by atoms with Crippen molar-refractivity contribution in [2.24, 2.45) is 11.8 Å². The maximum Gasteiger partial charge on any atom is 0.226 e. The van der Waals surface area contributed by atoms with Gasteiger partial charge in [0, 0.05) is 25.0 Å². The molecule has 18 heavy (non-hydrogen) atoms. The van der Waals surface area contributed by atoms with Crippen LogP contribution in [0.5, 0.6) is 0 Å². The first kappa shape index (κ1) is 13.8. The Bertz CT molecular complexity index is 305. The van der Waals surface area contributed by atoms with Gasteiger partial charge in [-0.2, -0.15) is 0 Å². The Balaban J connectivity index is 1.97. The Hall–Kier alpha value is -0.650. The van der Waals surface area contributed by atoms with Crippen molar-refractivity contribution < 1.29 is 9.90 Å². The number of amides is 1. The number of hydrogen-bond donors (Lipinski definition) is 2. The average Bonchev–Trinajstić information content (AvgIpc) is 2.54. The number of hydrogen-bond acceptors (Lipinski definition) is 4. The molecule has 2 saturated heterocycles. The zero-order valence-corrected chi connectivity index (χ0v) is 11.6. The molecule has 0 aliphatic carbocycles. The fourth-order valence-corrected chi connectivity index (χ4v) is 2.88. The topological polar surface area (TPSA) is 55.8 Å². The molecule has 2 aliphatic rings. The van der Waals surface area contributed by atoms with Gasteiger partial charge in [-0.1, -0.05) is 6.92 Å². The maximum atomic E-state index is 12.5. The fourth-order valence-electron chi connectivity index (χ4n) is 2.88. The van der Waals surface area contributed by atoms with E-state index in [-0.39, 0.29) is 24.0 Å². The van der Waals surface area contributed by atoms with Crippen LogP contribution in [0, 0.1) is 11.8 Å². The highest BCUT2D eigenvalue weighted by molar-refractivity contribution is 5.79. The molecular weight excluding hydrogens is 230 g/mol. The summed E-state index contributed by atoms with van der Waals surface area (Å²) in [6, 6.07) is 0.165. The lowest BCUT2D eigenvalue weighted by Gasteiger charge is -2.36. The van der Waals surface area contributed by atoms with Gasteiger partial charge in [0.2, 0.25) is 5.91 Å². The van der Waals surface area contributed by atoms with Crippen LogP contribution in [0.4, 0.5) is 0 Å². The minimum Gasteiger partial charge on any atom is -0.391 e. The lowest BCUT2D eigenvalue weighted by atomic mass is 9.88. The molecule has 5 nitrogen and oxygen atoms in total. The van der Waals surface area contributed by atoms with Gasteiger partial charge in [0.15, 0.2) is 0 Å². The molecule has 0 saturated carbocycles. The van der Waals surface area contributed by atoms with Crippen LogP contribution >= 0.6 is 0 Å². The molecule has 3 atom stereocenters. The first-order valence-electron chi connectivity index (χ1n) is 6.83. The Labute approximate surface area is 109 Å². The summed E-state index contributed by atoms with van der Waals surface area (Å²) in [6.45, 7) is 5.24. The molecule has 1 amide bonds. The maximum absolute atomic E-state index is 12.5. The van der Waals surface area contributed by atoms with E-state index in [1.807, 2.05) is 25.9 Å². The van der Waals surface area contributed by atoms with E-state index in [0.717, 1.165) is 19.6 Å². The first-order chi connectivity index (χ1) is 8.49. The molecule has 0 aromatic heterocycles. The second-order valence-corrected chi connectivity index (χ2v) is 6.00. The van der Waals surface area contributed by atoms with E-state index in [4.69, 9.17) is 0 Å². The van der Waals surface area contributed by atoms with Crippen molar-refractivity contribution in [3.05, 3.63) is 0 Å². The third kappa shape index (κ3) is 2.84. The number of carbonyl (C=O) groups is 1. The molecule has 3 unspecified atom stereocenters. The molecule has 5 heteroatoms. The lowest BCUT2D eigenvalue weighted by molar-refractivity contribution is -0.138. The summed E-state index contributed by atoms with van der Waals surface area (Å²) in [6.07, 6.45) is 0.352. The zero-order valence-electron chi connectivity index (χ0n) is 11.6. The van der Waals surface area contributed by atoms with Crippen LogP contribution in [0.3, 0.4) is 0 Å². The van der Waals surface area contributed by atoms with E-state index >= 15 is 0 Å². The Morgan fingerprint density at radius 3 is 2.67 bits per heavy atom. The zero-order chi connectivity index (χ0) is 13.3. The molecule has 2 fully saturated rings. The van der Waals surface area contributed by atoms with Crippen molar-refractivity contribution in [3.63, 3.8) is 0 Å². The molecule has 2 aliphatic heterocycles. The molecular formula is C13H25N3O2. The van der Waals surface area contributed by atoms with Gasteiger partial charge in [-0.3, -0.25) is 4.79 Å². The van der Waals surface area contributed by atoms with Crippen molar-refractivity contribution >= 4 is 5.91 Å². The van der Waals surface area contributed by atoms with Gasteiger partial charge >= 0.3 is 0 Å². The van der Waals surface area contributed by atoms with Gasteiger partial charge < -0.3 is 20.2 Å². The van der Waals surface area contributed by atoms with E-state index in [1.165, 1.54) is 0 Å². The highest BCUT2D eigenvalue weighted by Crippen LogP contribution is 2.25. The standard InChI is InChI=1S/C13H25N3O2/c1-9(10-5-14-6-10)13(18)16-8-12(17)4-11(16)7-15(2)3/h9-12,14,17H,4-8H2,1-3H3. The second-order valence-electron chi connectivity index (χ2n) is 6.00. The predicted molar refractivity (Wildman–Crippen MR) is 70.2 cm³/mol. The summed E-state index contributed by atoms with van der Waals surface area (Å²) >= 11 is 0. The number of nitrogens with one attached hydrogen (secondary N) is 1. The summed E-state index contributed by atoms with van der Waals surface area (Å²) in [5.74, 6) is 0.751. The van der Waals surface area contributed by atoms with Crippen molar-refractivity contribution in [2.45, 2.75) is 25.5 Å². The Morgan fingerprint density at radius 2 is 2.17 bits per heavy atom. The van der Waals surface area contributed by atoms with Crippen molar-refractivity contribution in [3.8, 4) is 0 Å². The van der Waals surface area contributed by atoms with E-state index in [1.54, 1.807) is 0 Å². The lowest BCUT2D eigenvalue weighted by Crippen LogP contribution is -2.52. The molecule has 2 heterocycles. The van der Waals surface area contributed by atoms with Gasteiger partial charge in [-0.05, 0) is 39.5 Å². The summed E-state index contributed by atoms with van der Waals surface area (Å²) in [5, 5.41) is 13.0. The number of aliphatic hydroxyl groups is 1. The van der Waals surface area contributed by atoms with Crippen LogP contribution in [-0.2, 0) is 4.79 Å². The highest BCUT2D eigenvalue weighted by Gasteiger charge is 2.39. The molecule has 0 aromatic carbocycles. The monoisotopic (exact) mass is 255 g/mol. The second kappa shape index (κ2) is 5.55.